The summed E-state index contributed by atoms with van der Waals surface area (Å²) in [6, 6.07) is 1.61. The summed E-state index contributed by atoms with van der Waals surface area (Å²) in [4.78, 5) is 0. The van der Waals surface area contributed by atoms with Crippen LogP contribution in [-0.4, -0.2) is 21.0 Å². The quantitative estimate of drug-likeness (QED) is 0.860. The highest BCUT2D eigenvalue weighted by Crippen LogP contribution is 2.32. The summed E-state index contributed by atoms with van der Waals surface area (Å²) in [6.45, 7) is 2.19. The zero-order valence-electron chi connectivity index (χ0n) is 9.44. The van der Waals surface area contributed by atoms with Gasteiger partial charge in [0, 0.05) is 12.6 Å². The highest BCUT2D eigenvalue weighted by atomic mass is 79.9. The van der Waals surface area contributed by atoms with Crippen LogP contribution in [-0.2, 0) is 10.0 Å². The van der Waals surface area contributed by atoms with Gasteiger partial charge >= 0.3 is 0 Å². The predicted molar refractivity (Wildman–Crippen MR) is 72.6 cm³/mol. The molecule has 1 saturated carbocycles. The molecule has 0 aliphatic heterocycles. The topological polar surface area (TPSA) is 72.2 Å². The minimum Gasteiger partial charge on any atom is -0.326 e. The van der Waals surface area contributed by atoms with Crippen molar-refractivity contribution >= 4 is 37.3 Å². The Kier molecular flexibility index (Phi) is 3.94. The smallest absolute Gasteiger partial charge is 0.250 e. The van der Waals surface area contributed by atoms with Crippen LogP contribution >= 0.6 is 27.3 Å². The lowest BCUT2D eigenvalue weighted by atomic mass is 10.2. The molecule has 1 atom stereocenters. The molecular formula is C10H15BrN2O2S2. The fraction of sp³-hybridized carbons (Fsp3) is 0.600. The summed E-state index contributed by atoms with van der Waals surface area (Å²) in [5.74, 6) is 0.495. The van der Waals surface area contributed by atoms with Gasteiger partial charge in [-0.15, -0.1) is 11.3 Å². The van der Waals surface area contributed by atoms with Gasteiger partial charge in [-0.3, -0.25) is 0 Å². The summed E-state index contributed by atoms with van der Waals surface area (Å²) in [6.07, 6.45) is 2.24. The van der Waals surface area contributed by atoms with E-state index in [1.165, 1.54) is 11.3 Å². The van der Waals surface area contributed by atoms with Crippen LogP contribution in [0, 0.1) is 12.8 Å². The van der Waals surface area contributed by atoms with Crippen molar-refractivity contribution in [2.24, 2.45) is 11.7 Å². The van der Waals surface area contributed by atoms with E-state index in [2.05, 4.69) is 20.7 Å². The van der Waals surface area contributed by atoms with Crippen LogP contribution in [0.2, 0.25) is 0 Å². The van der Waals surface area contributed by atoms with Crippen LogP contribution in [0.4, 0.5) is 0 Å². The number of rotatable bonds is 5. The fourth-order valence-electron chi connectivity index (χ4n) is 1.53. The van der Waals surface area contributed by atoms with Crippen molar-refractivity contribution in [3.05, 3.63) is 15.4 Å². The van der Waals surface area contributed by atoms with Crippen LogP contribution in [0.25, 0.3) is 0 Å². The van der Waals surface area contributed by atoms with Crippen molar-refractivity contribution in [2.75, 3.05) is 6.54 Å². The maximum Gasteiger partial charge on any atom is 0.250 e. The number of sulfonamides is 1. The van der Waals surface area contributed by atoms with Gasteiger partial charge in [0.25, 0.3) is 0 Å². The molecule has 17 heavy (non-hydrogen) atoms. The Bertz CT molecular complexity index is 489. The van der Waals surface area contributed by atoms with Gasteiger partial charge < -0.3 is 5.73 Å². The molecule has 1 unspecified atom stereocenters. The lowest BCUT2D eigenvalue weighted by Crippen LogP contribution is -2.38. The number of nitrogens with two attached hydrogens (primary N) is 1. The Morgan fingerprint density at radius 3 is 2.76 bits per heavy atom. The van der Waals surface area contributed by atoms with Crippen LogP contribution in [0.3, 0.4) is 0 Å². The highest BCUT2D eigenvalue weighted by Gasteiger charge is 2.29. The van der Waals surface area contributed by atoms with E-state index in [1.54, 1.807) is 6.07 Å². The molecule has 0 saturated heterocycles. The normalized spacial score (nSPS) is 18.3. The maximum atomic E-state index is 12.0. The number of thiophene rings is 1. The number of hydrogen-bond donors (Lipinski definition) is 2. The first kappa shape index (κ1) is 13.5. The molecule has 0 aromatic carbocycles. The first-order valence-electron chi connectivity index (χ1n) is 5.41. The standard InChI is InChI=1S/C10H15BrN2O2S2/c1-6-4-9(16-10(6)11)17(14,15)13-5-8(12)7-2-3-7/h4,7-8,13H,2-3,5,12H2,1H3. The average molecular weight is 339 g/mol. The maximum absolute atomic E-state index is 12.0. The molecule has 1 fully saturated rings. The van der Waals surface area contributed by atoms with Crippen molar-refractivity contribution < 1.29 is 8.42 Å². The third-order valence-electron chi connectivity index (χ3n) is 2.84. The second kappa shape index (κ2) is 4.97. The third kappa shape index (κ3) is 3.29. The van der Waals surface area contributed by atoms with Crippen molar-refractivity contribution in [3.8, 4) is 0 Å². The van der Waals surface area contributed by atoms with Crippen molar-refractivity contribution in [2.45, 2.75) is 30.0 Å². The molecule has 7 heteroatoms. The van der Waals surface area contributed by atoms with Crippen LogP contribution in [0.1, 0.15) is 18.4 Å². The Morgan fingerprint density at radius 2 is 2.29 bits per heavy atom. The van der Waals surface area contributed by atoms with E-state index in [0.29, 0.717) is 16.7 Å². The van der Waals surface area contributed by atoms with Gasteiger partial charge in [0.15, 0.2) is 0 Å². The number of aryl methyl sites for hydroxylation is 1. The van der Waals surface area contributed by atoms with Gasteiger partial charge in [-0.05, 0) is 53.2 Å². The molecule has 0 bridgehead atoms. The first-order valence-corrected chi connectivity index (χ1v) is 8.50. The van der Waals surface area contributed by atoms with E-state index < -0.39 is 10.0 Å². The van der Waals surface area contributed by atoms with Gasteiger partial charge in [-0.25, -0.2) is 13.1 Å². The molecule has 1 heterocycles. The molecule has 1 aliphatic rings. The number of hydrogen-bond acceptors (Lipinski definition) is 4. The molecule has 3 N–H and O–H groups in total. The second-order valence-electron chi connectivity index (χ2n) is 4.38. The minimum absolute atomic E-state index is 0.0609. The van der Waals surface area contributed by atoms with Gasteiger partial charge in [0.1, 0.15) is 4.21 Å². The van der Waals surface area contributed by atoms with E-state index in [9.17, 15) is 8.42 Å². The molecule has 0 radical (unpaired) electrons. The lowest BCUT2D eigenvalue weighted by Gasteiger charge is -2.10. The SMILES string of the molecule is Cc1cc(S(=O)(=O)NCC(N)C2CC2)sc1Br. The summed E-state index contributed by atoms with van der Waals surface area (Å²) in [5, 5.41) is 0. The lowest BCUT2D eigenvalue weighted by molar-refractivity contribution is 0.549. The molecular weight excluding hydrogens is 324 g/mol. The molecule has 1 aromatic heterocycles. The molecule has 1 aliphatic carbocycles. The summed E-state index contributed by atoms with van der Waals surface area (Å²) in [7, 11) is -3.40. The van der Waals surface area contributed by atoms with E-state index in [1.807, 2.05) is 6.92 Å². The summed E-state index contributed by atoms with van der Waals surface area (Å²) < 4.78 is 27.7. The van der Waals surface area contributed by atoms with E-state index in [0.717, 1.165) is 22.2 Å². The third-order valence-corrected chi connectivity index (χ3v) is 6.87. The van der Waals surface area contributed by atoms with Gasteiger partial charge in [0.2, 0.25) is 10.0 Å². The van der Waals surface area contributed by atoms with E-state index in [4.69, 9.17) is 5.73 Å². The van der Waals surface area contributed by atoms with Gasteiger partial charge in [-0.2, -0.15) is 0 Å². The zero-order valence-corrected chi connectivity index (χ0v) is 12.7. The largest absolute Gasteiger partial charge is 0.326 e. The van der Waals surface area contributed by atoms with Crippen molar-refractivity contribution in [1.29, 1.82) is 0 Å². The van der Waals surface area contributed by atoms with Crippen molar-refractivity contribution in [3.63, 3.8) is 0 Å². The molecule has 0 amide bonds. The van der Waals surface area contributed by atoms with Gasteiger partial charge in [0.05, 0.1) is 3.79 Å². The monoisotopic (exact) mass is 338 g/mol. The Hall–Kier alpha value is 0.0500. The van der Waals surface area contributed by atoms with E-state index in [-0.39, 0.29) is 6.04 Å². The molecule has 2 rings (SSSR count). The molecule has 96 valence electrons. The van der Waals surface area contributed by atoms with Crippen LogP contribution in [0.15, 0.2) is 14.1 Å². The zero-order chi connectivity index (χ0) is 12.6. The fourth-order valence-corrected chi connectivity index (χ4v) is 4.88. The molecule has 1 aromatic rings. The van der Waals surface area contributed by atoms with E-state index >= 15 is 0 Å². The molecule has 4 nitrogen and oxygen atoms in total. The summed E-state index contributed by atoms with van der Waals surface area (Å²) >= 11 is 4.55. The van der Waals surface area contributed by atoms with Crippen LogP contribution < -0.4 is 10.5 Å². The number of nitrogens with one attached hydrogen (secondary N) is 1. The Labute approximate surface area is 114 Å². The minimum atomic E-state index is -3.40. The first-order chi connectivity index (χ1) is 7.90. The van der Waals surface area contributed by atoms with Crippen LogP contribution in [0.5, 0.6) is 0 Å². The summed E-state index contributed by atoms with van der Waals surface area (Å²) in [5.41, 5.74) is 6.80. The highest BCUT2D eigenvalue weighted by molar-refractivity contribution is 9.11. The Morgan fingerprint density at radius 1 is 1.65 bits per heavy atom. The Balaban J connectivity index is 2.02. The van der Waals surface area contributed by atoms with Gasteiger partial charge in [-0.1, -0.05) is 0 Å². The molecule has 0 spiro atoms. The number of halogens is 1. The second-order valence-corrected chi connectivity index (χ2v) is 8.74. The predicted octanol–water partition coefficient (Wildman–Crippen LogP) is 1.83. The average Bonchev–Trinajstić information content (AvgIpc) is 3.04. The van der Waals surface area contributed by atoms with Crippen molar-refractivity contribution in [1.82, 2.24) is 4.72 Å².